The van der Waals surface area contributed by atoms with Crippen LogP contribution in [-0.2, 0) is 0 Å². The summed E-state index contributed by atoms with van der Waals surface area (Å²) in [6.45, 7) is 3.67. The molecule has 0 spiro atoms. The smallest absolute Gasteiger partial charge is 0.125 e. The van der Waals surface area contributed by atoms with E-state index >= 15 is 0 Å². The van der Waals surface area contributed by atoms with E-state index in [1.54, 1.807) is 13.2 Å². The highest BCUT2D eigenvalue weighted by molar-refractivity contribution is 14.1. The van der Waals surface area contributed by atoms with Crippen molar-refractivity contribution < 1.29 is 4.74 Å². The second-order valence-electron chi connectivity index (χ2n) is 2.62. The van der Waals surface area contributed by atoms with Crippen molar-refractivity contribution in [1.82, 2.24) is 0 Å². The second kappa shape index (κ2) is 4.62. The maximum Gasteiger partial charge on any atom is 0.125 e. The summed E-state index contributed by atoms with van der Waals surface area (Å²) in [6, 6.07) is 5.69. The molecular weight excluding hydrogens is 277 g/mol. The fraction of sp³-hybridized carbons (Fsp3) is 0.200. The van der Waals surface area contributed by atoms with Crippen molar-refractivity contribution in [3.63, 3.8) is 0 Å². The highest BCUT2D eigenvalue weighted by Crippen LogP contribution is 2.28. The number of nitrogens with two attached hydrogens (primary N) is 1. The van der Waals surface area contributed by atoms with Gasteiger partial charge in [0.15, 0.2) is 0 Å². The molecule has 3 heteroatoms. The molecule has 70 valence electrons. The average molecular weight is 289 g/mol. The molecule has 0 heterocycles. The third kappa shape index (κ3) is 2.22. The Morgan fingerprint density at radius 2 is 2.31 bits per heavy atom. The number of ether oxygens (including phenoxy) is 1. The predicted octanol–water partition coefficient (Wildman–Crippen LogP) is 2.49. The number of halogens is 1. The lowest BCUT2D eigenvalue weighted by molar-refractivity contribution is 0.407. The average Bonchev–Trinajstić information content (AvgIpc) is 2.16. The molecule has 0 amide bonds. The third-order valence-corrected chi connectivity index (χ3v) is 2.76. The molecular formula is C10H12INO. The van der Waals surface area contributed by atoms with Crippen LogP contribution in [0.2, 0.25) is 0 Å². The second-order valence-corrected chi connectivity index (χ2v) is 3.78. The monoisotopic (exact) mass is 289 g/mol. The van der Waals surface area contributed by atoms with E-state index in [0.717, 1.165) is 14.9 Å². The van der Waals surface area contributed by atoms with Gasteiger partial charge in [-0.2, -0.15) is 0 Å². The third-order valence-electron chi connectivity index (χ3n) is 1.82. The summed E-state index contributed by atoms with van der Waals surface area (Å²) < 4.78 is 6.32. The summed E-state index contributed by atoms with van der Waals surface area (Å²) in [4.78, 5) is 0. The largest absolute Gasteiger partial charge is 0.496 e. The maximum atomic E-state index is 5.87. The molecule has 0 bridgehead atoms. The van der Waals surface area contributed by atoms with Gasteiger partial charge in [0, 0.05) is 9.13 Å². The van der Waals surface area contributed by atoms with Gasteiger partial charge in [-0.3, -0.25) is 0 Å². The predicted molar refractivity (Wildman–Crippen MR) is 62.8 cm³/mol. The molecule has 0 aliphatic heterocycles. The minimum Gasteiger partial charge on any atom is -0.496 e. The van der Waals surface area contributed by atoms with Crippen LogP contribution in [0.3, 0.4) is 0 Å². The molecule has 1 rings (SSSR count). The maximum absolute atomic E-state index is 5.87. The Hall–Kier alpha value is -0.550. The van der Waals surface area contributed by atoms with Crippen LogP contribution in [0.4, 0.5) is 0 Å². The van der Waals surface area contributed by atoms with Crippen molar-refractivity contribution in [2.24, 2.45) is 5.73 Å². The summed E-state index contributed by atoms with van der Waals surface area (Å²) in [5.74, 6) is 0.819. The molecule has 13 heavy (non-hydrogen) atoms. The van der Waals surface area contributed by atoms with Gasteiger partial charge in [0.1, 0.15) is 5.75 Å². The Morgan fingerprint density at radius 1 is 1.62 bits per heavy atom. The lowest BCUT2D eigenvalue weighted by atomic mass is 10.1. The molecule has 0 aliphatic rings. The van der Waals surface area contributed by atoms with E-state index in [1.807, 2.05) is 18.2 Å². The Kier molecular flexibility index (Phi) is 3.74. The van der Waals surface area contributed by atoms with Gasteiger partial charge in [0.2, 0.25) is 0 Å². The molecule has 1 atom stereocenters. The van der Waals surface area contributed by atoms with E-state index < -0.39 is 0 Å². The van der Waals surface area contributed by atoms with Gasteiger partial charge in [-0.1, -0.05) is 12.1 Å². The molecule has 1 aromatic carbocycles. The Balaban J connectivity index is 3.22. The van der Waals surface area contributed by atoms with Gasteiger partial charge < -0.3 is 10.5 Å². The Bertz CT molecular complexity index is 312. The van der Waals surface area contributed by atoms with Crippen LogP contribution in [0.1, 0.15) is 11.6 Å². The fourth-order valence-corrected chi connectivity index (χ4v) is 1.97. The first-order chi connectivity index (χ1) is 6.20. The minimum atomic E-state index is -0.164. The molecule has 0 saturated carbocycles. The van der Waals surface area contributed by atoms with Gasteiger partial charge >= 0.3 is 0 Å². The van der Waals surface area contributed by atoms with Crippen LogP contribution < -0.4 is 10.5 Å². The van der Waals surface area contributed by atoms with Crippen molar-refractivity contribution in [3.05, 3.63) is 40.0 Å². The van der Waals surface area contributed by atoms with E-state index in [-0.39, 0.29) is 6.04 Å². The summed E-state index contributed by atoms with van der Waals surface area (Å²) in [5, 5.41) is 0. The van der Waals surface area contributed by atoms with Gasteiger partial charge in [-0.25, -0.2) is 0 Å². The first-order valence-corrected chi connectivity index (χ1v) is 4.99. The van der Waals surface area contributed by atoms with Gasteiger partial charge in [0.05, 0.1) is 13.2 Å². The lowest BCUT2D eigenvalue weighted by Gasteiger charge is -2.13. The molecule has 0 aromatic heterocycles. The summed E-state index contributed by atoms with van der Waals surface area (Å²) in [6.07, 6.45) is 1.71. The molecule has 2 N–H and O–H groups in total. The van der Waals surface area contributed by atoms with Gasteiger partial charge in [-0.05, 0) is 34.7 Å². The topological polar surface area (TPSA) is 35.2 Å². The summed E-state index contributed by atoms with van der Waals surface area (Å²) in [7, 11) is 1.64. The molecule has 2 nitrogen and oxygen atoms in total. The molecule has 1 aromatic rings. The Labute approximate surface area is 91.9 Å². The SMILES string of the molecule is C=CC(N)c1c(I)cccc1OC. The minimum absolute atomic E-state index is 0.164. The lowest BCUT2D eigenvalue weighted by Crippen LogP contribution is -2.10. The highest BCUT2D eigenvalue weighted by atomic mass is 127. The van der Waals surface area contributed by atoms with E-state index in [4.69, 9.17) is 10.5 Å². The van der Waals surface area contributed by atoms with Crippen molar-refractivity contribution in [3.8, 4) is 5.75 Å². The van der Waals surface area contributed by atoms with Gasteiger partial charge in [-0.15, -0.1) is 6.58 Å². The van der Waals surface area contributed by atoms with Crippen molar-refractivity contribution >= 4 is 22.6 Å². The van der Waals surface area contributed by atoms with E-state index in [9.17, 15) is 0 Å². The van der Waals surface area contributed by atoms with Crippen LogP contribution in [-0.4, -0.2) is 7.11 Å². The number of hydrogen-bond acceptors (Lipinski definition) is 2. The van der Waals surface area contributed by atoms with Crippen molar-refractivity contribution in [2.45, 2.75) is 6.04 Å². The molecule has 0 aliphatic carbocycles. The zero-order valence-electron chi connectivity index (χ0n) is 7.46. The number of methoxy groups -OCH3 is 1. The number of hydrogen-bond donors (Lipinski definition) is 1. The first-order valence-electron chi connectivity index (χ1n) is 3.91. The van der Waals surface area contributed by atoms with E-state index in [0.29, 0.717) is 0 Å². The number of rotatable bonds is 3. The van der Waals surface area contributed by atoms with Crippen LogP contribution >= 0.6 is 22.6 Å². The summed E-state index contributed by atoms with van der Waals surface area (Å²) in [5.41, 5.74) is 6.87. The zero-order valence-corrected chi connectivity index (χ0v) is 9.61. The van der Waals surface area contributed by atoms with Crippen LogP contribution in [0.25, 0.3) is 0 Å². The molecule has 1 unspecified atom stereocenters. The van der Waals surface area contributed by atoms with E-state index in [1.165, 1.54) is 0 Å². The Morgan fingerprint density at radius 3 is 2.85 bits per heavy atom. The standard InChI is InChI=1S/C10H12INO/c1-3-8(12)10-7(11)5-4-6-9(10)13-2/h3-6,8H,1,12H2,2H3. The van der Waals surface area contributed by atoms with Crippen molar-refractivity contribution in [1.29, 1.82) is 0 Å². The number of benzene rings is 1. The van der Waals surface area contributed by atoms with Gasteiger partial charge in [0.25, 0.3) is 0 Å². The first kappa shape index (κ1) is 10.5. The molecule has 0 radical (unpaired) electrons. The summed E-state index contributed by atoms with van der Waals surface area (Å²) >= 11 is 2.24. The normalized spacial score (nSPS) is 12.2. The van der Waals surface area contributed by atoms with Crippen molar-refractivity contribution in [2.75, 3.05) is 7.11 Å². The zero-order chi connectivity index (χ0) is 9.84. The van der Waals surface area contributed by atoms with Crippen LogP contribution in [0, 0.1) is 3.57 Å². The van der Waals surface area contributed by atoms with Crippen LogP contribution in [0.15, 0.2) is 30.9 Å². The van der Waals surface area contributed by atoms with E-state index in [2.05, 4.69) is 29.2 Å². The quantitative estimate of drug-likeness (QED) is 0.685. The molecule has 0 saturated heterocycles. The molecule has 0 fully saturated rings. The van der Waals surface area contributed by atoms with Crippen LogP contribution in [0.5, 0.6) is 5.75 Å². The fourth-order valence-electron chi connectivity index (χ4n) is 1.14. The highest BCUT2D eigenvalue weighted by Gasteiger charge is 2.11.